The minimum Gasteiger partial charge on any atom is -0.370 e. The number of halogens is 4. The first-order chi connectivity index (χ1) is 8.88. The van der Waals surface area contributed by atoms with Crippen molar-refractivity contribution >= 4 is 17.5 Å². The Hall–Kier alpha value is -1.27. The number of hydrogen-bond donors (Lipinski definition) is 0. The molecule has 19 heavy (non-hydrogen) atoms. The molecule has 1 aliphatic rings. The van der Waals surface area contributed by atoms with Crippen molar-refractivity contribution in [1.82, 2.24) is 4.90 Å². The highest BCUT2D eigenvalue weighted by atomic mass is 35.5. The summed E-state index contributed by atoms with van der Waals surface area (Å²) in [6, 6.07) is 6.61. The van der Waals surface area contributed by atoms with Crippen LogP contribution in [0.3, 0.4) is 0 Å². The molecule has 0 spiro atoms. The molecule has 0 radical (unpaired) electrons. The summed E-state index contributed by atoms with van der Waals surface area (Å²) in [6.45, 7) is -0.0858. The minimum absolute atomic E-state index is 0.0531. The van der Waals surface area contributed by atoms with E-state index in [1.54, 1.807) is 24.3 Å². The van der Waals surface area contributed by atoms with E-state index in [0.29, 0.717) is 10.6 Å². The monoisotopic (exact) mass is 293 g/mol. The Bertz CT molecular complexity index is 461. The van der Waals surface area contributed by atoms with Gasteiger partial charge in [0.15, 0.2) is 0 Å². The maximum absolute atomic E-state index is 12.4. The summed E-state index contributed by atoms with van der Waals surface area (Å²) < 4.78 is 42.5. The first kappa shape index (κ1) is 14.1. The van der Waals surface area contributed by atoms with Gasteiger partial charge >= 0.3 is 12.1 Å². The molecule has 1 aromatic rings. The quantitative estimate of drug-likeness (QED) is 0.797. The standard InChI is InChI=1S/C12H11ClF3NO2/c13-9-3-1-8(2-4-9)10-7-17(5-6-19-10)11(18)12(14,15)16/h1-4,10H,5-7H2. The average Bonchev–Trinajstić information content (AvgIpc) is 2.38. The Morgan fingerprint density at radius 3 is 2.53 bits per heavy atom. The van der Waals surface area contributed by atoms with Crippen molar-refractivity contribution < 1.29 is 22.7 Å². The zero-order valence-corrected chi connectivity index (χ0v) is 10.5. The molecule has 1 unspecified atom stereocenters. The van der Waals surface area contributed by atoms with E-state index >= 15 is 0 Å². The van der Waals surface area contributed by atoms with Gasteiger partial charge in [0.1, 0.15) is 6.10 Å². The number of carbonyl (C=O) groups excluding carboxylic acids is 1. The molecule has 0 saturated carbocycles. The fourth-order valence-corrected chi connectivity index (χ4v) is 2.02. The molecule has 0 bridgehead atoms. The van der Waals surface area contributed by atoms with Crippen LogP contribution in [-0.2, 0) is 9.53 Å². The molecule has 1 saturated heterocycles. The van der Waals surface area contributed by atoms with Gasteiger partial charge in [0.2, 0.25) is 0 Å². The van der Waals surface area contributed by atoms with Gasteiger partial charge in [0.05, 0.1) is 13.2 Å². The largest absolute Gasteiger partial charge is 0.471 e. The molecule has 1 aliphatic heterocycles. The molecular formula is C12H11ClF3NO2. The molecule has 104 valence electrons. The number of benzene rings is 1. The highest BCUT2D eigenvalue weighted by molar-refractivity contribution is 6.30. The predicted molar refractivity (Wildman–Crippen MR) is 62.8 cm³/mol. The minimum atomic E-state index is -4.85. The average molecular weight is 294 g/mol. The van der Waals surface area contributed by atoms with Crippen molar-refractivity contribution in [3.8, 4) is 0 Å². The third kappa shape index (κ3) is 3.39. The predicted octanol–water partition coefficient (Wildman–Crippen LogP) is 2.80. The molecule has 0 aromatic heterocycles. The van der Waals surface area contributed by atoms with Crippen LogP contribution < -0.4 is 0 Å². The van der Waals surface area contributed by atoms with E-state index in [0.717, 1.165) is 4.90 Å². The second kappa shape index (κ2) is 5.38. The number of hydrogen-bond acceptors (Lipinski definition) is 2. The second-order valence-electron chi connectivity index (χ2n) is 4.16. The maximum Gasteiger partial charge on any atom is 0.471 e. The first-order valence-electron chi connectivity index (χ1n) is 5.61. The van der Waals surface area contributed by atoms with Crippen molar-refractivity contribution in [2.75, 3.05) is 19.7 Å². The van der Waals surface area contributed by atoms with Crippen LogP contribution in [0.25, 0.3) is 0 Å². The molecule has 1 fully saturated rings. The zero-order valence-electron chi connectivity index (χ0n) is 9.78. The van der Waals surface area contributed by atoms with Gasteiger partial charge in [-0.25, -0.2) is 0 Å². The molecule has 1 aromatic carbocycles. The number of ether oxygens (including phenoxy) is 1. The summed E-state index contributed by atoms with van der Waals surface area (Å²) in [5, 5.41) is 0.530. The molecule has 0 aliphatic carbocycles. The van der Waals surface area contributed by atoms with E-state index in [-0.39, 0.29) is 19.7 Å². The highest BCUT2D eigenvalue weighted by Crippen LogP contribution is 2.26. The van der Waals surface area contributed by atoms with Crippen LogP contribution in [0.5, 0.6) is 0 Å². The van der Waals surface area contributed by atoms with Crippen molar-refractivity contribution in [3.63, 3.8) is 0 Å². The van der Waals surface area contributed by atoms with Crippen LogP contribution in [0.15, 0.2) is 24.3 Å². The van der Waals surface area contributed by atoms with Gasteiger partial charge in [-0.05, 0) is 17.7 Å². The number of rotatable bonds is 1. The van der Waals surface area contributed by atoms with Gasteiger partial charge in [-0.15, -0.1) is 0 Å². The molecule has 1 amide bonds. The number of amides is 1. The lowest BCUT2D eigenvalue weighted by Gasteiger charge is -2.33. The number of morpholine rings is 1. The number of carbonyl (C=O) groups is 1. The van der Waals surface area contributed by atoms with E-state index < -0.39 is 18.2 Å². The number of nitrogens with zero attached hydrogens (tertiary/aromatic N) is 1. The van der Waals surface area contributed by atoms with Gasteiger partial charge in [0.25, 0.3) is 0 Å². The van der Waals surface area contributed by atoms with Crippen LogP contribution >= 0.6 is 11.6 Å². The van der Waals surface area contributed by atoms with Crippen molar-refractivity contribution in [2.24, 2.45) is 0 Å². The SMILES string of the molecule is O=C(N1CCOC(c2ccc(Cl)cc2)C1)C(F)(F)F. The van der Waals surface area contributed by atoms with Crippen LogP contribution in [0.2, 0.25) is 5.02 Å². The fraction of sp³-hybridized carbons (Fsp3) is 0.417. The fourth-order valence-electron chi connectivity index (χ4n) is 1.89. The summed E-state index contributed by atoms with van der Waals surface area (Å²) in [4.78, 5) is 11.9. The Balaban J connectivity index is 2.09. The third-order valence-electron chi connectivity index (χ3n) is 2.84. The van der Waals surface area contributed by atoms with Crippen LogP contribution in [0.4, 0.5) is 13.2 Å². The summed E-state index contributed by atoms with van der Waals surface area (Å²) in [6.07, 6.45) is -5.40. The van der Waals surface area contributed by atoms with Crippen molar-refractivity contribution in [3.05, 3.63) is 34.9 Å². The van der Waals surface area contributed by atoms with E-state index in [1.807, 2.05) is 0 Å². The Kier molecular flexibility index (Phi) is 4.01. The molecule has 3 nitrogen and oxygen atoms in total. The molecule has 1 heterocycles. The van der Waals surface area contributed by atoms with Gasteiger partial charge in [-0.3, -0.25) is 4.79 Å². The first-order valence-corrected chi connectivity index (χ1v) is 5.99. The maximum atomic E-state index is 12.4. The van der Waals surface area contributed by atoms with E-state index in [2.05, 4.69) is 0 Å². The van der Waals surface area contributed by atoms with Crippen molar-refractivity contribution in [1.29, 1.82) is 0 Å². The van der Waals surface area contributed by atoms with E-state index in [9.17, 15) is 18.0 Å². The lowest BCUT2D eigenvalue weighted by Crippen LogP contribution is -2.47. The molecule has 7 heteroatoms. The summed E-state index contributed by atoms with van der Waals surface area (Å²) in [7, 11) is 0. The topological polar surface area (TPSA) is 29.5 Å². The molecular weight excluding hydrogens is 283 g/mol. The van der Waals surface area contributed by atoms with Crippen LogP contribution in [0, 0.1) is 0 Å². The molecule has 2 rings (SSSR count). The van der Waals surface area contributed by atoms with Crippen LogP contribution in [-0.4, -0.2) is 36.7 Å². The normalized spacial score (nSPS) is 20.4. The lowest BCUT2D eigenvalue weighted by molar-refractivity contribution is -0.191. The smallest absolute Gasteiger partial charge is 0.370 e. The van der Waals surface area contributed by atoms with Gasteiger partial charge < -0.3 is 9.64 Å². The highest BCUT2D eigenvalue weighted by Gasteiger charge is 2.43. The second-order valence-corrected chi connectivity index (χ2v) is 4.60. The lowest BCUT2D eigenvalue weighted by atomic mass is 10.1. The van der Waals surface area contributed by atoms with E-state index in [1.165, 1.54) is 0 Å². The van der Waals surface area contributed by atoms with Crippen LogP contribution in [0.1, 0.15) is 11.7 Å². The molecule has 0 N–H and O–H groups in total. The Morgan fingerprint density at radius 1 is 1.32 bits per heavy atom. The number of alkyl halides is 3. The summed E-state index contributed by atoms with van der Waals surface area (Å²) in [5.41, 5.74) is 0.698. The van der Waals surface area contributed by atoms with Gasteiger partial charge in [-0.1, -0.05) is 23.7 Å². The van der Waals surface area contributed by atoms with Crippen molar-refractivity contribution in [2.45, 2.75) is 12.3 Å². The summed E-state index contributed by atoms with van der Waals surface area (Å²) >= 11 is 5.74. The van der Waals surface area contributed by atoms with Gasteiger partial charge in [0, 0.05) is 11.6 Å². The third-order valence-corrected chi connectivity index (χ3v) is 3.09. The van der Waals surface area contributed by atoms with Gasteiger partial charge in [-0.2, -0.15) is 13.2 Å². The Labute approximate surface area is 112 Å². The van der Waals surface area contributed by atoms with E-state index in [4.69, 9.17) is 16.3 Å². The zero-order chi connectivity index (χ0) is 14.0. The molecule has 1 atom stereocenters. The summed E-state index contributed by atoms with van der Waals surface area (Å²) in [5.74, 6) is -1.82. The Morgan fingerprint density at radius 2 is 1.95 bits per heavy atom.